The van der Waals surface area contributed by atoms with Crippen LogP contribution in [0.1, 0.15) is 52.0 Å². The van der Waals surface area contributed by atoms with Gasteiger partial charge in [-0.25, -0.2) is 0 Å². The van der Waals surface area contributed by atoms with Crippen molar-refractivity contribution in [2.75, 3.05) is 13.7 Å². The number of imide groups is 1. The number of aliphatic hydroxyl groups is 1. The van der Waals surface area contributed by atoms with Gasteiger partial charge in [0.15, 0.2) is 6.29 Å². The lowest BCUT2D eigenvalue weighted by atomic mass is 10.0. The molecular weight excluding hydrogens is 336 g/mol. The van der Waals surface area contributed by atoms with Crippen LogP contribution >= 0.6 is 0 Å². The fourth-order valence-electron chi connectivity index (χ4n) is 2.65. The van der Waals surface area contributed by atoms with Crippen LogP contribution in [0.15, 0.2) is 18.2 Å². The highest BCUT2D eigenvalue weighted by atomic mass is 16.3. The number of carbonyl (C=O) groups is 4. The Morgan fingerprint density at radius 2 is 2.19 bits per heavy atom. The van der Waals surface area contributed by atoms with Crippen LogP contribution in [-0.2, 0) is 9.59 Å². The van der Waals surface area contributed by atoms with Gasteiger partial charge in [-0.1, -0.05) is 11.8 Å². The monoisotopic (exact) mass is 356 g/mol. The van der Waals surface area contributed by atoms with E-state index in [0.29, 0.717) is 24.7 Å². The Morgan fingerprint density at radius 3 is 2.85 bits per heavy atom. The topological polar surface area (TPSA) is 104 Å². The number of carbonyl (C=O) groups excluding carboxylic acids is 4. The Kier molecular flexibility index (Phi) is 6.64. The van der Waals surface area contributed by atoms with Gasteiger partial charge in [-0.05, 0) is 31.0 Å². The molecule has 1 atom stereocenters. The highest BCUT2D eigenvalue weighted by molar-refractivity contribution is 6.06. The molecule has 2 N–H and O–H groups in total. The third-order valence-corrected chi connectivity index (χ3v) is 4.10. The molecule has 0 spiro atoms. The third-order valence-electron chi connectivity index (χ3n) is 4.10. The number of likely N-dealkylation sites (N-methyl/N-ethyl adjacent to an activating group) is 1. The molecule has 1 aliphatic rings. The summed E-state index contributed by atoms with van der Waals surface area (Å²) in [4.78, 5) is 48.5. The van der Waals surface area contributed by atoms with Crippen molar-refractivity contribution < 1.29 is 24.3 Å². The minimum atomic E-state index is -0.752. The number of hydrogen-bond donors (Lipinski definition) is 2. The molecule has 136 valence electrons. The van der Waals surface area contributed by atoms with E-state index >= 15 is 0 Å². The molecule has 1 aromatic carbocycles. The lowest BCUT2D eigenvalue weighted by molar-refractivity contribution is -0.136. The summed E-state index contributed by atoms with van der Waals surface area (Å²) in [6.07, 6.45) is 2.09. The lowest BCUT2D eigenvalue weighted by Gasteiger charge is -2.30. The Bertz CT molecular complexity index is 791. The second-order valence-electron chi connectivity index (χ2n) is 5.93. The van der Waals surface area contributed by atoms with Crippen molar-refractivity contribution in [2.45, 2.75) is 31.7 Å². The molecular formula is C19H20N2O5. The van der Waals surface area contributed by atoms with Crippen molar-refractivity contribution in [1.82, 2.24) is 10.2 Å². The Balaban J connectivity index is 2.19. The molecule has 3 amide bonds. The molecule has 0 radical (unpaired) electrons. The zero-order valence-electron chi connectivity index (χ0n) is 14.4. The van der Waals surface area contributed by atoms with Gasteiger partial charge in [-0.2, -0.15) is 0 Å². The number of piperidine rings is 1. The zero-order valence-corrected chi connectivity index (χ0v) is 14.4. The van der Waals surface area contributed by atoms with E-state index in [1.165, 1.54) is 24.1 Å². The molecule has 0 saturated carbocycles. The van der Waals surface area contributed by atoms with Crippen LogP contribution in [0, 0.1) is 11.8 Å². The van der Waals surface area contributed by atoms with Gasteiger partial charge in [0.1, 0.15) is 6.04 Å². The van der Waals surface area contributed by atoms with Crippen molar-refractivity contribution in [3.63, 3.8) is 0 Å². The van der Waals surface area contributed by atoms with Crippen LogP contribution in [-0.4, -0.2) is 53.7 Å². The molecule has 26 heavy (non-hydrogen) atoms. The summed E-state index contributed by atoms with van der Waals surface area (Å²) >= 11 is 0. The molecule has 2 rings (SSSR count). The van der Waals surface area contributed by atoms with E-state index in [1.807, 2.05) is 0 Å². The predicted molar refractivity (Wildman–Crippen MR) is 93.3 cm³/mol. The van der Waals surface area contributed by atoms with Crippen molar-refractivity contribution in [3.05, 3.63) is 34.9 Å². The van der Waals surface area contributed by atoms with Gasteiger partial charge in [0.05, 0.1) is 5.56 Å². The van der Waals surface area contributed by atoms with E-state index < -0.39 is 17.9 Å². The van der Waals surface area contributed by atoms with Crippen molar-refractivity contribution in [2.24, 2.45) is 0 Å². The van der Waals surface area contributed by atoms with E-state index in [4.69, 9.17) is 5.11 Å². The Labute approximate surface area is 151 Å². The maximum atomic E-state index is 12.7. The lowest BCUT2D eigenvalue weighted by Crippen LogP contribution is -2.53. The van der Waals surface area contributed by atoms with Crippen LogP contribution in [0.25, 0.3) is 0 Å². The first-order valence-corrected chi connectivity index (χ1v) is 8.27. The minimum Gasteiger partial charge on any atom is -0.396 e. The number of hydrogen-bond acceptors (Lipinski definition) is 5. The number of nitrogens with one attached hydrogen (secondary N) is 1. The molecule has 1 aliphatic heterocycles. The quantitative estimate of drug-likeness (QED) is 0.346. The van der Waals surface area contributed by atoms with Crippen LogP contribution in [0.2, 0.25) is 0 Å². The largest absolute Gasteiger partial charge is 0.396 e. The molecule has 1 fully saturated rings. The molecule has 7 nitrogen and oxygen atoms in total. The van der Waals surface area contributed by atoms with Gasteiger partial charge in [-0.15, -0.1) is 0 Å². The van der Waals surface area contributed by atoms with E-state index in [0.717, 1.165) is 0 Å². The summed E-state index contributed by atoms with van der Waals surface area (Å²) in [6, 6.07) is 3.90. The maximum absolute atomic E-state index is 12.7. The van der Waals surface area contributed by atoms with Gasteiger partial charge in [-0.3, -0.25) is 24.5 Å². The first kappa shape index (κ1) is 19.3. The standard InChI is InChI=1S/C19H20N2O5/c1-21(16-8-9-17(24)20-18(16)25)19(26)15-7-6-13(11-14(15)12-23)5-3-2-4-10-22/h6-7,11-12,16,22H,2,4,8-10H2,1H3,(H,20,24,25). The van der Waals surface area contributed by atoms with E-state index in [2.05, 4.69) is 17.2 Å². The number of amides is 3. The smallest absolute Gasteiger partial charge is 0.255 e. The van der Waals surface area contributed by atoms with Gasteiger partial charge >= 0.3 is 0 Å². The number of nitrogens with zero attached hydrogens (tertiary/aromatic N) is 1. The van der Waals surface area contributed by atoms with E-state index in [-0.39, 0.29) is 36.5 Å². The average molecular weight is 356 g/mol. The van der Waals surface area contributed by atoms with E-state index in [1.54, 1.807) is 6.07 Å². The van der Waals surface area contributed by atoms with Gasteiger partial charge in [0.25, 0.3) is 5.91 Å². The normalized spacial score (nSPS) is 16.3. The van der Waals surface area contributed by atoms with Crippen molar-refractivity contribution in [3.8, 4) is 11.8 Å². The Hall–Kier alpha value is -2.98. The molecule has 1 aromatic rings. The number of benzene rings is 1. The van der Waals surface area contributed by atoms with Gasteiger partial charge in [0, 0.05) is 37.6 Å². The molecule has 1 heterocycles. The van der Waals surface area contributed by atoms with E-state index in [9.17, 15) is 19.2 Å². The number of rotatable bonds is 5. The Morgan fingerprint density at radius 1 is 1.42 bits per heavy atom. The summed E-state index contributed by atoms with van der Waals surface area (Å²) in [6.45, 7) is 0.0639. The molecule has 0 aliphatic carbocycles. The fourth-order valence-corrected chi connectivity index (χ4v) is 2.65. The van der Waals surface area contributed by atoms with Crippen LogP contribution in [0.5, 0.6) is 0 Å². The minimum absolute atomic E-state index is 0.0639. The SMILES string of the molecule is CN(C(=O)c1ccc(C#CCCCO)cc1C=O)C1CCC(=O)NC1=O. The molecule has 1 unspecified atom stereocenters. The number of aldehydes is 1. The van der Waals surface area contributed by atoms with Crippen LogP contribution < -0.4 is 5.32 Å². The fraction of sp³-hybridized carbons (Fsp3) is 0.368. The first-order chi connectivity index (χ1) is 12.5. The average Bonchev–Trinajstić information content (AvgIpc) is 2.64. The molecule has 7 heteroatoms. The second-order valence-corrected chi connectivity index (χ2v) is 5.93. The highest BCUT2D eigenvalue weighted by Gasteiger charge is 2.33. The summed E-state index contributed by atoms with van der Waals surface area (Å²) in [5.74, 6) is 4.41. The maximum Gasteiger partial charge on any atom is 0.255 e. The summed E-state index contributed by atoms with van der Waals surface area (Å²) in [5.41, 5.74) is 0.946. The van der Waals surface area contributed by atoms with Crippen molar-refractivity contribution >= 4 is 24.0 Å². The summed E-state index contributed by atoms with van der Waals surface area (Å²) in [7, 11) is 1.47. The van der Waals surface area contributed by atoms with Gasteiger partial charge < -0.3 is 10.0 Å². The molecule has 0 bridgehead atoms. The summed E-state index contributed by atoms with van der Waals surface area (Å²) in [5, 5.41) is 10.9. The highest BCUT2D eigenvalue weighted by Crippen LogP contribution is 2.17. The first-order valence-electron chi connectivity index (χ1n) is 8.27. The van der Waals surface area contributed by atoms with Gasteiger partial charge in [0.2, 0.25) is 11.8 Å². The molecule has 1 saturated heterocycles. The van der Waals surface area contributed by atoms with Crippen LogP contribution in [0.4, 0.5) is 0 Å². The van der Waals surface area contributed by atoms with Crippen LogP contribution in [0.3, 0.4) is 0 Å². The zero-order chi connectivity index (χ0) is 19.1. The predicted octanol–water partition coefficient (Wildman–Crippen LogP) is 0.500. The third kappa shape index (κ3) is 4.55. The second kappa shape index (κ2) is 8.92. The summed E-state index contributed by atoms with van der Waals surface area (Å²) < 4.78 is 0. The number of unbranched alkanes of at least 4 members (excludes halogenated alkanes) is 1. The van der Waals surface area contributed by atoms with Crippen molar-refractivity contribution in [1.29, 1.82) is 0 Å². The number of aliphatic hydroxyl groups excluding tert-OH is 1. The molecule has 0 aromatic heterocycles.